The maximum atomic E-state index is 11.8. The quantitative estimate of drug-likeness (QED) is 0.598. The molecule has 1 heterocycles. The second-order valence-electron chi connectivity index (χ2n) is 0.923. The van der Waals surface area contributed by atoms with Crippen LogP contribution in [-0.2, 0) is 0 Å². The standard InChI is InChI=1S/C3HBrFNS/c4-2-1-7-3(5)6-2/h1H. The molecule has 0 bridgehead atoms. The van der Waals surface area contributed by atoms with E-state index in [1.54, 1.807) is 5.38 Å². The molecule has 0 aliphatic rings. The Hall–Kier alpha value is 0.0400. The molecule has 0 saturated carbocycles. The molecule has 0 aromatic carbocycles. The zero-order chi connectivity index (χ0) is 5.28. The van der Waals surface area contributed by atoms with E-state index in [0.29, 0.717) is 4.60 Å². The van der Waals surface area contributed by atoms with Gasteiger partial charge in [0.1, 0.15) is 4.60 Å². The summed E-state index contributed by atoms with van der Waals surface area (Å²) in [4.78, 5) is 3.38. The van der Waals surface area contributed by atoms with E-state index in [4.69, 9.17) is 0 Å². The SMILES string of the molecule is Fc1nc(Br)cs1. The number of hydrogen-bond donors (Lipinski definition) is 0. The van der Waals surface area contributed by atoms with Gasteiger partial charge >= 0.3 is 0 Å². The Balaban J connectivity index is 3.04. The van der Waals surface area contributed by atoms with E-state index >= 15 is 0 Å². The van der Waals surface area contributed by atoms with Crippen LogP contribution < -0.4 is 0 Å². The summed E-state index contributed by atoms with van der Waals surface area (Å²) in [6, 6.07) is 0. The number of aromatic nitrogens is 1. The summed E-state index contributed by atoms with van der Waals surface area (Å²) in [7, 11) is 0. The fourth-order valence-electron chi connectivity index (χ4n) is 0.234. The maximum absolute atomic E-state index is 11.8. The van der Waals surface area contributed by atoms with E-state index in [2.05, 4.69) is 20.9 Å². The Bertz CT molecular complexity index is 147. The number of rotatable bonds is 0. The predicted octanol–water partition coefficient (Wildman–Crippen LogP) is 2.04. The van der Waals surface area contributed by atoms with Crippen molar-refractivity contribution in [1.29, 1.82) is 0 Å². The smallest absolute Gasteiger partial charge is 0.202 e. The van der Waals surface area contributed by atoms with Crippen molar-refractivity contribution in [1.82, 2.24) is 4.98 Å². The lowest BCUT2D eigenvalue weighted by Gasteiger charge is -1.65. The van der Waals surface area contributed by atoms with E-state index < -0.39 is 5.26 Å². The monoisotopic (exact) mass is 181 g/mol. The highest BCUT2D eigenvalue weighted by molar-refractivity contribution is 9.10. The third kappa shape index (κ3) is 1.21. The number of thiazole rings is 1. The Kier molecular flexibility index (Phi) is 1.39. The van der Waals surface area contributed by atoms with E-state index in [0.717, 1.165) is 11.3 Å². The highest BCUT2D eigenvalue weighted by Crippen LogP contribution is 2.11. The van der Waals surface area contributed by atoms with Crippen LogP contribution in [0.2, 0.25) is 0 Å². The first-order valence-electron chi connectivity index (χ1n) is 1.55. The third-order valence-corrected chi connectivity index (χ3v) is 1.78. The molecule has 0 radical (unpaired) electrons. The van der Waals surface area contributed by atoms with Gasteiger partial charge in [0.25, 0.3) is 5.26 Å². The zero-order valence-corrected chi connectivity index (χ0v) is 5.59. The molecule has 1 nitrogen and oxygen atoms in total. The van der Waals surface area contributed by atoms with Gasteiger partial charge in [-0.05, 0) is 15.9 Å². The van der Waals surface area contributed by atoms with E-state index in [-0.39, 0.29) is 0 Å². The summed E-state index contributed by atoms with van der Waals surface area (Å²) in [5.74, 6) is 0. The van der Waals surface area contributed by atoms with Crippen LogP contribution in [0.1, 0.15) is 0 Å². The summed E-state index contributed by atoms with van der Waals surface area (Å²) >= 11 is 3.97. The highest BCUT2D eigenvalue weighted by atomic mass is 79.9. The summed E-state index contributed by atoms with van der Waals surface area (Å²) in [5.41, 5.74) is 0. The molecule has 7 heavy (non-hydrogen) atoms. The zero-order valence-electron chi connectivity index (χ0n) is 3.19. The Morgan fingerprint density at radius 2 is 2.57 bits per heavy atom. The third-order valence-electron chi connectivity index (χ3n) is 0.448. The van der Waals surface area contributed by atoms with E-state index in [1.807, 2.05) is 0 Å². The summed E-state index contributed by atoms with van der Waals surface area (Å²) < 4.78 is 12.4. The molecule has 0 atom stereocenters. The van der Waals surface area contributed by atoms with E-state index in [1.165, 1.54) is 0 Å². The van der Waals surface area contributed by atoms with Crippen molar-refractivity contribution in [3.63, 3.8) is 0 Å². The van der Waals surface area contributed by atoms with Gasteiger partial charge in [-0.1, -0.05) is 11.3 Å². The van der Waals surface area contributed by atoms with Crippen molar-refractivity contribution in [3.05, 3.63) is 15.2 Å². The lowest BCUT2D eigenvalue weighted by Crippen LogP contribution is -1.62. The van der Waals surface area contributed by atoms with Crippen LogP contribution in [0.15, 0.2) is 9.98 Å². The van der Waals surface area contributed by atoms with Crippen molar-refractivity contribution in [2.24, 2.45) is 0 Å². The van der Waals surface area contributed by atoms with Crippen molar-refractivity contribution in [3.8, 4) is 0 Å². The van der Waals surface area contributed by atoms with Gasteiger partial charge in [0, 0.05) is 5.38 Å². The summed E-state index contributed by atoms with van der Waals surface area (Å²) in [5, 5.41) is 1.20. The van der Waals surface area contributed by atoms with Crippen LogP contribution in [0.5, 0.6) is 0 Å². The average Bonchev–Trinajstić information content (AvgIpc) is 1.87. The molecule has 0 amide bonds. The Morgan fingerprint density at radius 1 is 1.86 bits per heavy atom. The van der Waals surface area contributed by atoms with Crippen LogP contribution in [0.3, 0.4) is 0 Å². The average molecular weight is 182 g/mol. The first kappa shape index (κ1) is 5.18. The highest BCUT2D eigenvalue weighted by Gasteiger charge is 1.92. The molecular weight excluding hydrogens is 181 g/mol. The molecule has 0 spiro atoms. The number of nitrogens with zero attached hydrogens (tertiary/aromatic N) is 1. The molecule has 0 aliphatic heterocycles. The van der Waals surface area contributed by atoms with Crippen LogP contribution in [0.4, 0.5) is 4.39 Å². The maximum Gasteiger partial charge on any atom is 0.270 e. The molecular formula is C3HBrFNS. The molecule has 0 saturated heterocycles. The largest absolute Gasteiger partial charge is 0.270 e. The first-order valence-corrected chi connectivity index (χ1v) is 3.23. The molecule has 0 fully saturated rings. The van der Waals surface area contributed by atoms with Gasteiger partial charge in [-0.3, -0.25) is 0 Å². The van der Waals surface area contributed by atoms with Gasteiger partial charge in [0.2, 0.25) is 0 Å². The molecule has 1 aromatic rings. The van der Waals surface area contributed by atoms with Gasteiger partial charge in [-0.15, -0.1) is 0 Å². The second-order valence-corrected chi connectivity index (χ2v) is 2.54. The van der Waals surface area contributed by atoms with Gasteiger partial charge < -0.3 is 0 Å². The predicted molar refractivity (Wildman–Crippen MR) is 29.8 cm³/mol. The lowest BCUT2D eigenvalue weighted by atomic mass is 11.0. The molecule has 4 heteroatoms. The van der Waals surface area contributed by atoms with Crippen LogP contribution in [0.25, 0.3) is 0 Å². The van der Waals surface area contributed by atoms with Crippen LogP contribution in [0, 0.1) is 5.26 Å². The minimum absolute atomic E-state index is 0.396. The minimum atomic E-state index is -0.396. The molecule has 0 N–H and O–H groups in total. The fourth-order valence-corrected chi connectivity index (χ4v) is 1.19. The van der Waals surface area contributed by atoms with Crippen molar-refractivity contribution in [2.75, 3.05) is 0 Å². The van der Waals surface area contributed by atoms with Crippen LogP contribution in [-0.4, -0.2) is 4.98 Å². The van der Waals surface area contributed by atoms with Crippen molar-refractivity contribution >= 4 is 27.3 Å². The van der Waals surface area contributed by atoms with Crippen molar-refractivity contribution < 1.29 is 4.39 Å². The molecule has 1 aromatic heterocycles. The molecule has 1 rings (SSSR count). The molecule has 38 valence electrons. The second kappa shape index (κ2) is 1.88. The van der Waals surface area contributed by atoms with Gasteiger partial charge in [0.05, 0.1) is 0 Å². The summed E-state index contributed by atoms with van der Waals surface area (Å²) in [6.07, 6.45) is 0. The minimum Gasteiger partial charge on any atom is -0.202 e. The molecule has 0 unspecified atom stereocenters. The first-order chi connectivity index (χ1) is 3.29. The summed E-state index contributed by atoms with van der Waals surface area (Å²) in [6.45, 7) is 0. The number of halogens is 2. The Morgan fingerprint density at radius 3 is 2.71 bits per heavy atom. The van der Waals surface area contributed by atoms with E-state index in [9.17, 15) is 4.39 Å². The number of hydrogen-bond acceptors (Lipinski definition) is 2. The fraction of sp³-hybridized carbons (Fsp3) is 0. The van der Waals surface area contributed by atoms with Gasteiger partial charge in [-0.25, -0.2) is 4.98 Å². The topological polar surface area (TPSA) is 12.9 Å². The Labute approximate surface area is 52.3 Å². The van der Waals surface area contributed by atoms with Crippen LogP contribution >= 0.6 is 27.3 Å². The molecule has 0 aliphatic carbocycles. The van der Waals surface area contributed by atoms with Gasteiger partial charge in [-0.2, -0.15) is 4.39 Å². The van der Waals surface area contributed by atoms with Crippen molar-refractivity contribution in [2.45, 2.75) is 0 Å². The lowest BCUT2D eigenvalue weighted by molar-refractivity contribution is 0.615. The van der Waals surface area contributed by atoms with Gasteiger partial charge in [0.15, 0.2) is 0 Å². The normalized spacial score (nSPS) is 9.43.